The van der Waals surface area contributed by atoms with Crippen molar-refractivity contribution in [2.75, 3.05) is 0 Å². The highest BCUT2D eigenvalue weighted by molar-refractivity contribution is 6.05. The molecule has 0 spiro atoms. The maximum Gasteiger partial charge on any atom is 0.255 e. The number of hydrogen-bond acceptors (Lipinski definition) is 6. The number of piperidine rings is 1. The van der Waals surface area contributed by atoms with Crippen molar-refractivity contribution < 1.29 is 14.4 Å². The van der Waals surface area contributed by atoms with Crippen LogP contribution in [-0.4, -0.2) is 53.6 Å². The number of carbonyl (C=O) groups excluding carboxylic acids is 3. The lowest BCUT2D eigenvalue weighted by molar-refractivity contribution is -0.136. The number of imide groups is 1. The van der Waals surface area contributed by atoms with Gasteiger partial charge < -0.3 is 9.88 Å². The molecule has 0 saturated carbocycles. The van der Waals surface area contributed by atoms with E-state index in [1.165, 1.54) is 4.90 Å². The number of aromatic nitrogens is 5. The van der Waals surface area contributed by atoms with Gasteiger partial charge in [0, 0.05) is 42.0 Å². The molecule has 6 rings (SSSR count). The predicted molar refractivity (Wildman–Crippen MR) is 112 cm³/mol. The third kappa shape index (κ3) is 2.80. The molecular formula is C22H17N7O3. The van der Waals surface area contributed by atoms with Crippen LogP contribution >= 0.6 is 0 Å². The molecule has 3 aromatic heterocycles. The van der Waals surface area contributed by atoms with Crippen molar-refractivity contribution in [3.8, 4) is 16.9 Å². The smallest absolute Gasteiger partial charge is 0.255 e. The van der Waals surface area contributed by atoms with E-state index in [0.29, 0.717) is 17.7 Å². The summed E-state index contributed by atoms with van der Waals surface area (Å²) >= 11 is 0. The number of pyridine rings is 1. The Labute approximate surface area is 181 Å². The summed E-state index contributed by atoms with van der Waals surface area (Å²) in [5.74, 6) is -0.962. The number of carbonyl (C=O) groups is 3. The molecule has 1 atom stereocenters. The molecule has 3 amide bonds. The number of amides is 3. The minimum Gasteiger partial charge on any atom is -0.360 e. The van der Waals surface area contributed by atoms with Crippen LogP contribution in [0.15, 0.2) is 48.9 Å². The first-order valence-corrected chi connectivity index (χ1v) is 10.2. The van der Waals surface area contributed by atoms with Gasteiger partial charge in [-0.25, -0.2) is 4.68 Å². The Bertz CT molecular complexity index is 1420. The molecule has 1 unspecified atom stereocenters. The SMILES string of the molecule is O=C1CCC(N2Cc3c(cccc3-n3cc(-c4cnc5cc[nH]c5c4)nn3)C2=O)C(=O)N1. The molecule has 0 radical (unpaired) electrons. The largest absolute Gasteiger partial charge is 0.360 e. The quantitative estimate of drug-likeness (QED) is 0.478. The number of H-pyrrole nitrogens is 1. The van der Waals surface area contributed by atoms with Crippen LogP contribution in [0.5, 0.6) is 0 Å². The summed E-state index contributed by atoms with van der Waals surface area (Å²) in [6, 6.07) is 8.59. The molecule has 32 heavy (non-hydrogen) atoms. The zero-order valence-corrected chi connectivity index (χ0v) is 16.8. The lowest BCUT2D eigenvalue weighted by Crippen LogP contribution is -2.52. The number of fused-ring (bicyclic) bond motifs is 2. The fraction of sp³-hybridized carbons (Fsp3) is 0.182. The van der Waals surface area contributed by atoms with Crippen molar-refractivity contribution in [1.29, 1.82) is 0 Å². The minimum atomic E-state index is -0.662. The zero-order chi connectivity index (χ0) is 21.8. The average Bonchev–Trinajstić information content (AvgIpc) is 3.52. The molecule has 1 aromatic carbocycles. The molecule has 2 N–H and O–H groups in total. The third-order valence-electron chi connectivity index (χ3n) is 5.99. The van der Waals surface area contributed by atoms with Crippen LogP contribution in [0.4, 0.5) is 0 Å². The van der Waals surface area contributed by atoms with E-state index in [0.717, 1.165) is 27.8 Å². The molecule has 10 heteroatoms. The van der Waals surface area contributed by atoms with Gasteiger partial charge in [-0.2, -0.15) is 0 Å². The number of aromatic amines is 1. The molecular weight excluding hydrogens is 410 g/mol. The summed E-state index contributed by atoms with van der Waals surface area (Å²) < 4.78 is 1.63. The predicted octanol–water partition coefficient (Wildman–Crippen LogP) is 1.57. The van der Waals surface area contributed by atoms with Gasteiger partial charge in [0.15, 0.2) is 0 Å². The van der Waals surface area contributed by atoms with Crippen molar-refractivity contribution in [2.24, 2.45) is 0 Å². The van der Waals surface area contributed by atoms with E-state index >= 15 is 0 Å². The fourth-order valence-corrected chi connectivity index (χ4v) is 4.37. The Morgan fingerprint density at radius 2 is 2.03 bits per heavy atom. The van der Waals surface area contributed by atoms with Gasteiger partial charge in [-0.3, -0.25) is 24.7 Å². The summed E-state index contributed by atoms with van der Waals surface area (Å²) in [5.41, 5.74) is 5.27. The molecule has 0 bridgehead atoms. The highest BCUT2D eigenvalue weighted by atomic mass is 16.2. The number of nitrogens with zero attached hydrogens (tertiary/aromatic N) is 5. The maximum absolute atomic E-state index is 13.0. The third-order valence-corrected chi connectivity index (χ3v) is 5.99. The Morgan fingerprint density at radius 1 is 1.12 bits per heavy atom. The first-order valence-electron chi connectivity index (χ1n) is 10.2. The van der Waals surface area contributed by atoms with Gasteiger partial charge in [0.25, 0.3) is 5.91 Å². The van der Waals surface area contributed by atoms with E-state index in [2.05, 4.69) is 25.6 Å². The average molecular weight is 427 g/mol. The van der Waals surface area contributed by atoms with Crippen LogP contribution in [0, 0.1) is 0 Å². The summed E-state index contributed by atoms with van der Waals surface area (Å²) in [6.45, 7) is 0.266. The summed E-state index contributed by atoms with van der Waals surface area (Å²) in [6.07, 6.45) is 5.90. The number of benzene rings is 1. The second kappa shape index (κ2) is 6.84. The lowest BCUT2D eigenvalue weighted by Gasteiger charge is -2.29. The zero-order valence-electron chi connectivity index (χ0n) is 16.8. The Morgan fingerprint density at radius 3 is 2.91 bits per heavy atom. The topological polar surface area (TPSA) is 126 Å². The summed E-state index contributed by atoms with van der Waals surface area (Å²) in [4.78, 5) is 45.9. The highest BCUT2D eigenvalue weighted by Crippen LogP contribution is 2.32. The molecule has 2 aliphatic rings. The van der Waals surface area contributed by atoms with E-state index < -0.39 is 11.9 Å². The van der Waals surface area contributed by atoms with Crippen molar-refractivity contribution in [3.05, 3.63) is 60.0 Å². The van der Waals surface area contributed by atoms with Crippen molar-refractivity contribution in [2.45, 2.75) is 25.4 Å². The van der Waals surface area contributed by atoms with E-state index in [-0.39, 0.29) is 24.8 Å². The second-order valence-electron chi connectivity index (χ2n) is 7.89. The number of nitrogens with one attached hydrogen (secondary N) is 2. The van der Waals surface area contributed by atoms with Crippen LogP contribution in [0.1, 0.15) is 28.8 Å². The van der Waals surface area contributed by atoms with Gasteiger partial charge in [-0.1, -0.05) is 11.3 Å². The molecule has 0 aliphatic carbocycles. The lowest BCUT2D eigenvalue weighted by atomic mass is 10.0. The molecule has 5 heterocycles. The molecule has 10 nitrogen and oxygen atoms in total. The van der Waals surface area contributed by atoms with E-state index in [4.69, 9.17) is 0 Å². The Balaban J connectivity index is 1.34. The monoisotopic (exact) mass is 427 g/mol. The second-order valence-corrected chi connectivity index (χ2v) is 7.89. The Kier molecular flexibility index (Phi) is 3.94. The summed E-state index contributed by atoms with van der Waals surface area (Å²) in [5, 5.41) is 10.9. The van der Waals surface area contributed by atoms with E-state index in [1.807, 2.05) is 24.4 Å². The van der Waals surface area contributed by atoms with Gasteiger partial charge in [-0.05, 0) is 30.7 Å². The first-order chi connectivity index (χ1) is 15.6. The van der Waals surface area contributed by atoms with E-state index in [1.54, 1.807) is 29.2 Å². The highest BCUT2D eigenvalue weighted by Gasteiger charge is 2.40. The molecule has 2 aliphatic heterocycles. The van der Waals surface area contributed by atoms with Crippen LogP contribution in [0.25, 0.3) is 28.0 Å². The van der Waals surface area contributed by atoms with Crippen LogP contribution in [0.2, 0.25) is 0 Å². The van der Waals surface area contributed by atoms with Gasteiger partial charge in [-0.15, -0.1) is 5.10 Å². The molecule has 1 saturated heterocycles. The van der Waals surface area contributed by atoms with Gasteiger partial charge in [0.1, 0.15) is 11.7 Å². The van der Waals surface area contributed by atoms with Crippen LogP contribution in [-0.2, 0) is 16.1 Å². The fourth-order valence-electron chi connectivity index (χ4n) is 4.37. The number of rotatable bonds is 3. The number of hydrogen-bond donors (Lipinski definition) is 2. The van der Waals surface area contributed by atoms with Crippen molar-refractivity contribution >= 4 is 28.8 Å². The van der Waals surface area contributed by atoms with Crippen LogP contribution in [0.3, 0.4) is 0 Å². The standard InChI is InChI=1S/C22H17N7O3/c30-20-5-4-19(21(31)25-20)28-10-14-13(22(28)32)2-1-3-18(14)29-11-17(26-27-29)12-8-16-15(24-9-12)6-7-23-16/h1-3,6-9,11,19,23H,4-5,10H2,(H,25,30,31). The van der Waals surface area contributed by atoms with Gasteiger partial charge in [0.05, 0.1) is 22.9 Å². The molecule has 1 fully saturated rings. The summed E-state index contributed by atoms with van der Waals surface area (Å²) in [7, 11) is 0. The normalized spacial score (nSPS) is 18.3. The Hall–Kier alpha value is -4.34. The molecule has 158 valence electrons. The molecule has 4 aromatic rings. The van der Waals surface area contributed by atoms with Crippen LogP contribution < -0.4 is 5.32 Å². The first kappa shape index (κ1) is 18.4. The van der Waals surface area contributed by atoms with E-state index in [9.17, 15) is 14.4 Å². The van der Waals surface area contributed by atoms with Gasteiger partial charge in [0.2, 0.25) is 11.8 Å². The minimum absolute atomic E-state index is 0.217. The van der Waals surface area contributed by atoms with Crippen molar-refractivity contribution in [3.63, 3.8) is 0 Å². The van der Waals surface area contributed by atoms with Crippen molar-refractivity contribution in [1.82, 2.24) is 35.2 Å². The maximum atomic E-state index is 13.0. The van der Waals surface area contributed by atoms with Gasteiger partial charge >= 0.3 is 0 Å².